The number of piperidine rings is 1. The van der Waals surface area contributed by atoms with Gasteiger partial charge in [-0.05, 0) is 39.5 Å². The number of aliphatic carboxylic acids is 1. The van der Waals surface area contributed by atoms with Gasteiger partial charge in [0.15, 0.2) is 0 Å². The van der Waals surface area contributed by atoms with E-state index in [2.05, 4.69) is 11.9 Å². The average molecular weight is 324 g/mol. The number of unbranched alkanes of at least 4 members (excludes halogenated alkanes) is 1. The van der Waals surface area contributed by atoms with Gasteiger partial charge in [-0.2, -0.15) is 0 Å². The second kappa shape index (κ2) is 7.72. The molecule has 1 fully saturated rings. The molecule has 1 aromatic rings. The van der Waals surface area contributed by atoms with Crippen molar-refractivity contribution < 1.29 is 14.7 Å². The zero-order valence-corrected chi connectivity index (χ0v) is 14.1. The van der Waals surface area contributed by atoms with E-state index < -0.39 is 5.97 Å². The monoisotopic (exact) mass is 324 g/mol. The van der Waals surface area contributed by atoms with Gasteiger partial charge in [-0.3, -0.25) is 9.59 Å². The van der Waals surface area contributed by atoms with Crippen molar-refractivity contribution in [2.45, 2.75) is 58.3 Å². The summed E-state index contributed by atoms with van der Waals surface area (Å²) in [5.74, 6) is -0.283. The van der Waals surface area contributed by atoms with Crippen LogP contribution in [0.5, 0.6) is 0 Å². The van der Waals surface area contributed by atoms with Crippen LogP contribution in [0, 0.1) is 13.8 Å². The highest BCUT2D eigenvalue weighted by Crippen LogP contribution is 2.31. The van der Waals surface area contributed by atoms with Crippen LogP contribution in [-0.4, -0.2) is 40.0 Å². The number of rotatable bonds is 6. The number of carboxylic acid groups (broad SMARTS) is 1. The Morgan fingerprint density at radius 2 is 2.05 bits per heavy atom. The molecule has 0 saturated carbocycles. The molecule has 1 atom stereocenters. The maximum Gasteiger partial charge on any atom is 0.303 e. The van der Waals surface area contributed by atoms with Crippen LogP contribution in [0.2, 0.25) is 0 Å². The van der Waals surface area contributed by atoms with Gasteiger partial charge >= 0.3 is 5.97 Å². The van der Waals surface area contributed by atoms with E-state index >= 15 is 0 Å². The number of aryl methyl sites for hydroxylation is 2. The molecule has 1 amide bonds. The average Bonchev–Trinajstić information content (AvgIpc) is 2.83. The smallest absolute Gasteiger partial charge is 0.303 e. The minimum atomic E-state index is -0.792. The minimum absolute atomic E-state index is 0.146. The summed E-state index contributed by atoms with van der Waals surface area (Å²) >= 11 is 1.74. The topological polar surface area (TPSA) is 70.5 Å². The fraction of sp³-hybridized carbons (Fsp3) is 0.688. The van der Waals surface area contributed by atoms with Crippen molar-refractivity contribution >= 4 is 23.2 Å². The van der Waals surface area contributed by atoms with E-state index in [0.717, 1.165) is 36.6 Å². The van der Waals surface area contributed by atoms with Crippen molar-refractivity contribution in [3.8, 4) is 0 Å². The molecule has 0 radical (unpaired) electrons. The molecule has 1 unspecified atom stereocenters. The fourth-order valence-electron chi connectivity index (χ4n) is 2.79. The maximum atomic E-state index is 12.3. The molecule has 122 valence electrons. The Morgan fingerprint density at radius 1 is 1.32 bits per heavy atom. The van der Waals surface area contributed by atoms with E-state index in [9.17, 15) is 9.59 Å². The lowest BCUT2D eigenvalue weighted by Crippen LogP contribution is -2.39. The third kappa shape index (κ3) is 4.53. The van der Waals surface area contributed by atoms with E-state index in [1.165, 1.54) is 4.88 Å². The van der Waals surface area contributed by atoms with E-state index in [1.54, 1.807) is 11.3 Å². The van der Waals surface area contributed by atoms with Gasteiger partial charge in [0.05, 0.1) is 10.7 Å². The summed E-state index contributed by atoms with van der Waals surface area (Å²) in [6.07, 6.45) is 3.94. The second-order valence-corrected chi connectivity index (χ2v) is 7.21. The highest BCUT2D eigenvalue weighted by molar-refractivity contribution is 7.11. The first-order valence-corrected chi connectivity index (χ1v) is 8.72. The van der Waals surface area contributed by atoms with Gasteiger partial charge in [-0.1, -0.05) is 0 Å². The van der Waals surface area contributed by atoms with Crippen molar-refractivity contribution in [1.29, 1.82) is 0 Å². The van der Waals surface area contributed by atoms with Crippen LogP contribution in [0.4, 0.5) is 0 Å². The normalized spacial score (nSPS) is 18.5. The number of carbonyl (C=O) groups is 2. The molecular formula is C16H24N2O3S. The quantitative estimate of drug-likeness (QED) is 0.816. The Morgan fingerprint density at radius 3 is 2.68 bits per heavy atom. The van der Waals surface area contributed by atoms with Crippen LogP contribution in [-0.2, 0) is 9.59 Å². The standard InChI is InChI=1S/C16H24N2O3S/c1-11-12(2)22-16(17-11)13-6-5-9-18(10-13)14(19)7-3-4-8-15(20)21/h13H,3-10H2,1-2H3,(H,20,21). The SMILES string of the molecule is Cc1nc(C2CCCN(C(=O)CCCCC(=O)O)C2)sc1C. The van der Waals surface area contributed by atoms with E-state index in [1.807, 2.05) is 11.8 Å². The summed E-state index contributed by atoms with van der Waals surface area (Å²) in [4.78, 5) is 30.6. The molecule has 2 rings (SSSR count). The number of likely N-dealkylation sites (tertiary alicyclic amines) is 1. The summed E-state index contributed by atoms with van der Waals surface area (Å²) in [6, 6.07) is 0. The highest BCUT2D eigenvalue weighted by Gasteiger charge is 2.26. The Balaban J connectivity index is 1.84. The summed E-state index contributed by atoms with van der Waals surface area (Å²) in [5, 5.41) is 9.76. The van der Waals surface area contributed by atoms with Crippen molar-refractivity contribution in [1.82, 2.24) is 9.88 Å². The van der Waals surface area contributed by atoms with Gasteiger partial charge in [-0.15, -0.1) is 11.3 Å². The number of carboxylic acids is 1. The number of aromatic nitrogens is 1. The van der Waals surface area contributed by atoms with Crippen LogP contribution in [0.25, 0.3) is 0 Å². The molecule has 6 heteroatoms. The number of carbonyl (C=O) groups excluding carboxylic acids is 1. The molecule has 1 N–H and O–H groups in total. The van der Waals surface area contributed by atoms with Gasteiger partial charge in [0.2, 0.25) is 5.91 Å². The Bertz CT molecular complexity index is 522. The molecule has 1 saturated heterocycles. The van der Waals surface area contributed by atoms with Crippen LogP contribution in [0.15, 0.2) is 0 Å². The molecule has 1 aliphatic rings. The maximum absolute atomic E-state index is 12.3. The summed E-state index contributed by atoms with van der Waals surface area (Å²) in [6.45, 7) is 5.69. The van der Waals surface area contributed by atoms with E-state index in [-0.39, 0.29) is 12.3 Å². The zero-order chi connectivity index (χ0) is 16.1. The van der Waals surface area contributed by atoms with Crippen molar-refractivity contribution in [3.63, 3.8) is 0 Å². The van der Waals surface area contributed by atoms with Gasteiger partial charge in [0, 0.05) is 36.7 Å². The molecule has 0 aromatic carbocycles. The zero-order valence-electron chi connectivity index (χ0n) is 13.3. The van der Waals surface area contributed by atoms with Crippen LogP contribution in [0.3, 0.4) is 0 Å². The third-order valence-corrected chi connectivity index (χ3v) is 5.44. The molecule has 0 spiro atoms. The fourth-order valence-corrected chi connectivity index (χ4v) is 3.84. The van der Waals surface area contributed by atoms with Crippen LogP contribution >= 0.6 is 11.3 Å². The lowest BCUT2D eigenvalue weighted by molar-refractivity contribution is -0.137. The summed E-state index contributed by atoms with van der Waals surface area (Å²) < 4.78 is 0. The van der Waals surface area contributed by atoms with Gasteiger partial charge < -0.3 is 10.0 Å². The molecule has 1 aliphatic heterocycles. The summed E-state index contributed by atoms with van der Waals surface area (Å²) in [7, 11) is 0. The van der Waals surface area contributed by atoms with Gasteiger partial charge in [-0.25, -0.2) is 4.98 Å². The molecule has 22 heavy (non-hydrogen) atoms. The molecule has 0 aliphatic carbocycles. The lowest BCUT2D eigenvalue weighted by Gasteiger charge is -2.32. The Labute approximate surface area is 135 Å². The summed E-state index contributed by atoms with van der Waals surface area (Å²) in [5.41, 5.74) is 1.09. The lowest BCUT2D eigenvalue weighted by atomic mass is 9.98. The van der Waals surface area contributed by atoms with Crippen LogP contribution in [0.1, 0.15) is 60.0 Å². The Kier molecular flexibility index (Phi) is 5.94. The molecule has 2 heterocycles. The van der Waals surface area contributed by atoms with Gasteiger partial charge in [0.25, 0.3) is 0 Å². The predicted octanol–water partition coefficient (Wildman–Crippen LogP) is 3.11. The molecule has 1 aromatic heterocycles. The van der Waals surface area contributed by atoms with E-state index in [4.69, 9.17) is 5.11 Å². The van der Waals surface area contributed by atoms with Crippen molar-refractivity contribution in [2.24, 2.45) is 0 Å². The first-order valence-electron chi connectivity index (χ1n) is 7.91. The van der Waals surface area contributed by atoms with Crippen LogP contribution < -0.4 is 0 Å². The highest BCUT2D eigenvalue weighted by atomic mass is 32.1. The third-order valence-electron chi connectivity index (χ3n) is 4.20. The van der Waals surface area contributed by atoms with Crippen molar-refractivity contribution in [2.75, 3.05) is 13.1 Å². The molecule has 0 bridgehead atoms. The number of hydrogen-bond acceptors (Lipinski definition) is 4. The first-order chi connectivity index (χ1) is 10.5. The van der Waals surface area contributed by atoms with Crippen molar-refractivity contribution in [3.05, 3.63) is 15.6 Å². The molecule has 5 nitrogen and oxygen atoms in total. The first kappa shape index (κ1) is 16.9. The second-order valence-electron chi connectivity index (χ2n) is 5.97. The number of thiazole rings is 1. The minimum Gasteiger partial charge on any atom is -0.481 e. The largest absolute Gasteiger partial charge is 0.481 e. The Hall–Kier alpha value is -1.43. The molecular weight excluding hydrogens is 300 g/mol. The van der Waals surface area contributed by atoms with E-state index in [0.29, 0.717) is 25.2 Å². The number of amides is 1. The number of nitrogens with zero attached hydrogens (tertiary/aromatic N) is 2. The van der Waals surface area contributed by atoms with Gasteiger partial charge in [0.1, 0.15) is 0 Å². The predicted molar refractivity (Wildman–Crippen MR) is 86.2 cm³/mol. The number of hydrogen-bond donors (Lipinski definition) is 1.